The standard InChI is InChI=1S/C12H11.C7H10P.2ClH.Zr/c1-9(2)12-7-10-5-3-4-6-11(10)8-12;1-5-4-8-7(3)6(5)2;;;/h3-7H,1-2H3;8H,1-3H3;2*1H;/q2*-1;;;+4/p-2. The first-order valence-electron chi connectivity index (χ1n) is 6.90. The molecule has 4 heteroatoms. The topological polar surface area (TPSA) is 0 Å². The molecule has 3 rings (SSSR count). The summed E-state index contributed by atoms with van der Waals surface area (Å²) in [6.45, 7) is 10.7. The third-order valence-electron chi connectivity index (χ3n) is 3.63. The SMILES string of the molecule is CC(C)=C1[C-]=c2ccccc2=C1.Cc1[c-][pH]c(C)c1C.[Cl-].[Cl-].[Zr+4]. The van der Waals surface area contributed by atoms with Crippen molar-refractivity contribution in [3.63, 3.8) is 0 Å². The molecule has 1 atom stereocenters. The second-order valence-electron chi connectivity index (χ2n) is 5.40. The van der Waals surface area contributed by atoms with E-state index in [-0.39, 0.29) is 51.0 Å². The van der Waals surface area contributed by atoms with E-state index in [4.69, 9.17) is 0 Å². The number of allylic oxidation sites excluding steroid dienone is 2. The molecule has 1 aromatic carbocycles. The fraction of sp³-hybridized carbons (Fsp3) is 0.263. The molecule has 1 unspecified atom stereocenters. The molecule has 23 heavy (non-hydrogen) atoms. The molecule has 1 aromatic heterocycles. The maximum Gasteiger partial charge on any atom is 4.00 e. The van der Waals surface area contributed by atoms with Crippen molar-refractivity contribution < 1.29 is 51.0 Å². The van der Waals surface area contributed by atoms with E-state index in [1.165, 1.54) is 38.0 Å². The van der Waals surface area contributed by atoms with Crippen LogP contribution in [-0.4, -0.2) is 0 Å². The van der Waals surface area contributed by atoms with Crippen LogP contribution in [0.25, 0.3) is 12.2 Å². The number of aryl methyl sites for hydroxylation is 2. The fourth-order valence-electron chi connectivity index (χ4n) is 2.00. The Hall–Kier alpha value is -0.0569. The summed E-state index contributed by atoms with van der Waals surface area (Å²) in [6.07, 6.45) is 5.54. The Bertz CT molecular complexity index is 712. The number of halogens is 2. The fourth-order valence-corrected chi connectivity index (χ4v) is 2.94. The largest absolute Gasteiger partial charge is 4.00 e. The molecule has 1 aliphatic carbocycles. The summed E-state index contributed by atoms with van der Waals surface area (Å²) in [7, 11) is 0.836. The van der Waals surface area contributed by atoms with E-state index in [2.05, 4.69) is 70.8 Å². The first-order chi connectivity index (χ1) is 9.49. The van der Waals surface area contributed by atoms with Gasteiger partial charge in [0.1, 0.15) is 0 Å². The van der Waals surface area contributed by atoms with Gasteiger partial charge in [-0.25, -0.2) is 0 Å². The van der Waals surface area contributed by atoms with Gasteiger partial charge in [-0.1, -0.05) is 52.8 Å². The quantitative estimate of drug-likeness (QED) is 0.411. The summed E-state index contributed by atoms with van der Waals surface area (Å²) >= 11 is 0. The van der Waals surface area contributed by atoms with Crippen molar-refractivity contribution in [3.8, 4) is 0 Å². The molecule has 0 radical (unpaired) electrons. The van der Waals surface area contributed by atoms with Gasteiger partial charge in [-0.05, 0) is 0 Å². The number of hydrogen-bond donors (Lipinski definition) is 0. The average molecular weight is 442 g/mol. The minimum atomic E-state index is 0. The minimum absolute atomic E-state index is 0. The van der Waals surface area contributed by atoms with Crippen molar-refractivity contribution in [1.29, 1.82) is 0 Å². The van der Waals surface area contributed by atoms with Gasteiger partial charge in [0.25, 0.3) is 0 Å². The normalized spacial score (nSPS) is 10.7. The van der Waals surface area contributed by atoms with Gasteiger partial charge in [-0.2, -0.15) is 22.2 Å². The van der Waals surface area contributed by atoms with E-state index in [0.29, 0.717) is 0 Å². The predicted octanol–water partition coefficient (Wildman–Crippen LogP) is -2.08. The van der Waals surface area contributed by atoms with Crippen LogP contribution in [-0.2, 0) is 26.2 Å². The zero-order chi connectivity index (χ0) is 14.7. The summed E-state index contributed by atoms with van der Waals surface area (Å²) in [6, 6.07) is 8.33. The Kier molecular flexibility index (Phi) is 12.6. The van der Waals surface area contributed by atoms with Gasteiger partial charge in [-0.15, -0.1) is 39.8 Å². The summed E-state index contributed by atoms with van der Waals surface area (Å²) in [5, 5.41) is 4.00. The van der Waals surface area contributed by atoms with Crippen LogP contribution < -0.4 is 35.3 Å². The third kappa shape index (κ3) is 6.76. The van der Waals surface area contributed by atoms with Crippen LogP contribution in [0.5, 0.6) is 0 Å². The van der Waals surface area contributed by atoms with E-state index in [1.54, 1.807) is 0 Å². The first kappa shape index (κ1) is 25.2. The van der Waals surface area contributed by atoms with Crippen molar-refractivity contribution >= 4 is 20.3 Å². The van der Waals surface area contributed by atoms with Crippen molar-refractivity contribution in [2.45, 2.75) is 34.6 Å². The van der Waals surface area contributed by atoms with Crippen LogP contribution in [0.15, 0.2) is 35.4 Å². The van der Waals surface area contributed by atoms with Gasteiger partial charge in [0, 0.05) is 0 Å². The minimum Gasteiger partial charge on any atom is -1.00 e. The van der Waals surface area contributed by atoms with Gasteiger partial charge < -0.3 is 24.8 Å². The molecule has 0 bridgehead atoms. The van der Waals surface area contributed by atoms with Crippen molar-refractivity contribution in [3.05, 3.63) is 68.1 Å². The number of benzene rings is 1. The molecular formula is C19H21Cl2PZr. The van der Waals surface area contributed by atoms with Crippen LogP contribution >= 0.6 is 8.19 Å². The summed E-state index contributed by atoms with van der Waals surface area (Å²) < 4.78 is 0. The average Bonchev–Trinajstić information content (AvgIpc) is 2.99. The molecule has 0 aliphatic heterocycles. The first-order valence-corrected chi connectivity index (χ1v) is 7.90. The second-order valence-corrected chi connectivity index (χ2v) is 6.65. The van der Waals surface area contributed by atoms with E-state index in [1.807, 2.05) is 6.07 Å². The molecule has 0 amide bonds. The van der Waals surface area contributed by atoms with Crippen LogP contribution in [0, 0.1) is 26.6 Å². The van der Waals surface area contributed by atoms with Crippen molar-refractivity contribution in [1.82, 2.24) is 0 Å². The molecular weight excluding hydrogens is 421 g/mol. The van der Waals surface area contributed by atoms with E-state index >= 15 is 0 Å². The molecule has 2 aromatic rings. The Balaban J connectivity index is 0. The number of fused-ring (bicyclic) bond motifs is 1. The third-order valence-corrected chi connectivity index (χ3v) is 4.88. The van der Waals surface area contributed by atoms with E-state index in [9.17, 15) is 0 Å². The number of rotatable bonds is 0. The van der Waals surface area contributed by atoms with E-state index < -0.39 is 0 Å². The van der Waals surface area contributed by atoms with Gasteiger partial charge in [0.05, 0.1) is 0 Å². The monoisotopic (exact) mass is 440 g/mol. The van der Waals surface area contributed by atoms with Crippen molar-refractivity contribution in [2.75, 3.05) is 0 Å². The van der Waals surface area contributed by atoms with Gasteiger partial charge >= 0.3 is 26.2 Å². The molecule has 0 nitrogen and oxygen atoms in total. The molecule has 1 heterocycles. The van der Waals surface area contributed by atoms with Gasteiger partial charge in [0.2, 0.25) is 0 Å². The van der Waals surface area contributed by atoms with Crippen LogP contribution in [0.1, 0.15) is 30.3 Å². The summed E-state index contributed by atoms with van der Waals surface area (Å²) in [4.78, 5) is 0. The van der Waals surface area contributed by atoms with Crippen LogP contribution in [0.3, 0.4) is 0 Å². The molecule has 0 fully saturated rings. The smallest absolute Gasteiger partial charge is 1.00 e. The Labute approximate surface area is 173 Å². The van der Waals surface area contributed by atoms with Gasteiger partial charge in [0.15, 0.2) is 0 Å². The summed E-state index contributed by atoms with van der Waals surface area (Å²) in [5.41, 5.74) is 5.35. The van der Waals surface area contributed by atoms with Crippen LogP contribution in [0.2, 0.25) is 0 Å². The molecule has 1 aliphatic rings. The Morgan fingerprint density at radius 1 is 1.00 bits per heavy atom. The molecule has 0 spiro atoms. The molecule has 0 saturated carbocycles. The Morgan fingerprint density at radius 2 is 1.61 bits per heavy atom. The zero-order valence-corrected chi connectivity index (χ0v) is 19.1. The number of hydrogen-bond acceptors (Lipinski definition) is 0. The molecule has 0 N–H and O–H groups in total. The molecule has 120 valence electrons. The maximum atomic E-state index is 3.36. The van der Waals surface area contributed by atoms with Crippen molar-refractivity contribution in [2.24, 2.45) is 0 Å². The predicted molar refractivity (Wildman–Crippen MR) is 90.9 cm³/mol. The van der Waals surface area contributed by atoms with E-state index in [0.717, 1.165) is 8.19 Å². The summed E-state index contributed by atoms with van der Waals surface area (Å²) in [5.74, 6) is 3.29. The maximum absolute atomic E-state index is 3.36. The Morgan fingerprint density at radius 3 is 2.00 bits per heavy atom. The second kappa shape index (κ2) is 11.5. The zero-order valence-electron chi connectivity index (χ0n) is 14.1. The van der Waals surface area contributed by atoms with Gasteiger partial charge in [-0.3, -0.25) is 8.19 Å². The molecule has 0 saturated heterocycles. The van der Waals surface area contributed by atoms with Crippen LogP contribution in [0.4, 0.5) is 0 Å².